The number of nitrogens with zero attached hydrogens (tertiary/aromatic N) is 3. The van der Waals surface area contributed by atoms with Gasteiger partial charge in [0.05, 0.1) is 11.4 Å². The first-order valence-electron chi connectivity index (χ1n) is 11.2. The SMILES string of the molecule is CC1CCN(c2nn(CC(=O)NC3CCc4ccccc43)c(=O)c3ccccc23)CC1. The lowest BCUT2D eigenvalue weighted by atomic mass is 9.99. The molecule has 1 unspecified atom stereocenters. The highest BCUT2D eigenvalue weighted by Gasteiger charge is 2.25. The van der Waals surface area contributed by atoms with Crippen molar-refractivity contribution in [2.45, 2.75) is 45.2 Å². The lowest BCUT2D eigenvalue weighted by Gasteiger charge is -2.32. The van der Waals surface area contributed by atoms with E-state index in [1.165, 1.54) is 15.8 Å². The molecule has 1 N–H and O–H groups in total. The van der Waals surface area contributed by atoms with E-state index in [1.54, 1.807) is 0 Å². The van der Waals surface area contributed by atoms with Crippen LogP contribution >= 0.6 is 0 Å². The molecule has 1 saturated heterocycles. The molecule has 1 aromatic heterocycles. The maximum absolute atomic E-state index is 13.1. The summed E-state index contributed by atoms with van der Waals surface area (Å²) < 4.78 is 1.34. The number of aromatic nitrogens is 2. The van der Waals surface area contributed by atoms with Crippen LogP contribution < -0.4 is 15.8 Å². The molecule has 31 heavy (non-hydrogen) atoms. The number of fused-ring (bicyclic) bond motifs is 2. The summed E-state index contributed by atoms with van der Waals surface area (Å²) in [6, 6.07) is 15.8. The second-order valence-corrected chi connectivity index (χ2v) is 8.86. The molecule has 0 saturated carbocycles. The van der Waals surface area contributed by atoms with Crippen molar-refractivity contribution in [2.75, 3.05) is 18.0 Å². The van der Waals surface area contributed by atoms with Gasteiger partial charge in [0.1, 0.15) is 6.54 Å². The molecule has 1 atom stereocenters. The van der Waals surface area contributed by atoms with Crippen LogP contribution in [0.3, 0.4) is 0 Å². The van der Waals surface area contributed by atoms with Crippen molar-refractivity contribution >= 4 is 22.5 Å². The number of rotatable bonds is 4. The molecule has 2 heterocycles. The Kier molecular flexibility index (Phi) is 5.22. The molecule has 3 aromatic rings. The van der Waals surface area contributed by atoms with Crippen LogP contribution in [-0.2, 0) is 17.8 Å². The fraction of sp³-hybridized carbons (Fsp3) is 0.400. The first-order valence-corrected chi connectivity index (χ1v) is 11.2. The Balaban J connectivity index is 1.42. The van der Waals surface area contributed by atoms with E-state index in [1.807, 2.05) is 36.4 Å². The topological polar surface area (TPSA) is 67.2 Å². The molecule has 1 aliphatic heterocycles. The lowest BCUT2D eigenvalue weighted by molar-refractivity contribution is -0.122. The molecule has 2 aromatic carbocycles. The van der Waals surface area contributed by atoms with E-state index in [9.17, 15) is 9.59 Å². The van der Waals surface area contributed by atoms with Crippen molar-refractivity contribution < 1.29 is 4.79 Å². The quantitative estimate of drug-likeness (QED) is 0.708. The molecule has 5 rings (SSSR count). The maximum Gasteiger partial charge on any atom is 0.275 e. The molecule has 0 spiro atoms. The first-order chi connectivity index (χ1) is 15.1. The zero-order valence-corrected chi connectivity index (χ0v) is 17.9. The first kappa shape index (κ1) is 19.8. The summed E-state index contributed by atoms with van der Waals surface area (Å²) in [7, 11) is 0. The molecule has 1 amide bonds. The molecule has 0 radical (unpaired) electrons. The third-order valence-corrected chi connectivity index (χ3v) is 6.69. The van der Waals surface area contributed by atoms with Gasteiger partial charge in [-0.15, -0.1) is 0 Å². The molecule has 2 aliphatic rings. The van der Waals surface area contributed by atoms with E-state index in [0.717, 1.165) is 50.0 Å². The van der Waals surface area contributed by atoms with Crippen LogP contribution in [0.15, 0.2) is 53.3 Å². The number of amides is 1. The fourth-order valence-electron chi connectivity index (χ4n) is 4.86. The minimum absolute atomic E-state index is 0.00270. The molecule has 0 bridgehead atoms. The number of hydrogen-bond acceptors (Lipinski definition) is 4. The lowest BCUT2D eigenvalue weighted by Crippen LogP contribution is -2.38. The van der Waals surface area contributed by atoms with Gasteiger partial charge in [0.15, 0.2) is 5.82 Å². The molecule has 160 valence electrons. The molecule has 6 nitrogen and oxygen atoms in total. The number of nitrogens with one attached hydrogen (secondary N) is 1. The van der Waals surface area contributed by atoms with Crippen LogP contribution in [0.1, 0.15) is 43.4 Å². The van der Waals surface area contributed by atoms with Gasteiger partial charge >= 0.3 is 0 Å². The van der Waals surface area contributed by atoms with Crippen molar-refractivity contribution in [1.29, 1.82) is 0 Å². The number of benzene rings is 2. The highest BCUT2D eigenvalue weighted by atomic mass is 16.2. The Morgan fingerprint density at radius 2 is 1.74 bits per heavy atom. The second-order valence-electron chi connectivity index (χ2n) is 8.86. The summed E-state index contributed by atoms with van der Waals surface area (Å²) in [5.41, 5.74) is 2.25. The van der Waals surface area contributed by atoms with Gasteiger partial charge in [-0.2, -0.15) is 5.10 Å². The van der Waals surface area contributed by atoms with Crippen LogP contribution in [0.5, 0.6) is 0 Å². The predicted octanol–water partition coefficient (Wildman–Crippen LogP) is 3.44. The van der Waals surface area contributed by atoms with Gasteiger partial charge in [0.2, 0.25) is 5.91 Å². The van der Waals surface area contributed by atoms with Gasteiger partial charge in [0.25, 0.3) is 5.56 Å². The summed E-state index contributed by atoms with van der Waals surface area (Å²) in [5.74, 6) is 1.33. The van der Waals surface area contributed by atoms with Gasteiger partial charge in [0, 0.05) is 18.5 Å². The third kappa shape index (κ3) is 3.82. The van der Waals surface area contributed by atoms with E-state index in [4.69, 9.17) is 0 Å². The van der Waals surface area contributed by atoms with Gasteiger partial charge in [-0.25, -0.2) is 4.68 Å². The van der Waals surface area contributed by atoms with E-state index >= 15 is 0 Å². The fourth-order valence-corrected chi connectivity index (χ4v) is 4.86. The van der Waals surface area contributed by atoms with Crippen LogP contribution in [0.25, 0.3) is 10.8 Å². The number of hydrogen-bond donors (Lipinski definition) is 1. The van der Waals surface area contributed by atoms with Crippen molar-refractivity contribution in [3.63, 3.8) is 0 Å². The van der Waals surface area contributed by atoms with Crippen LogP contribution in [0.2, 0.25) is 0 Å². The highest BCUT2D eigenvalue weighted by molar-refractivity contribution is 5.91. The van der Waals surface area contributed by atoms with Crippen molar-refractivity contribution in [3.05, 3.63) is 70.0 Å². The average molecular weight is 417 g/mol. The number of anilines is 1. The Bertz CT molecular complexity index is 1180. The van der Waals surface area contributed by atoms with Gasteiger partial charge in [-0.1, -0.05) is 49.4 Å². The largest absolute Gasteiger partial charge is 0.355 e. The van der Waals surface area contributed by atoms with Gasteiger partial charge < -0.3 is 10.2 Å². The number of aryl methyl sites for hydroxylation is 1. The normalized spacial score (nSPS) is 18.9. The van der Waals surface area contributed by atoms with E-state index in [0.29, 0.717) is 11.3 Å². The minimum Gasteiger partial charge on any atom is -0.355 e. The van der Waals surface area contributed by atoms with Crippen molar-refractivity contribution in [1.82, 2.24) is 15.1 Å². The van der Waals surface area contributed by atoms with Crippen LogP contribution in [0.4, 0.5) is 5.82 Å². The zero-order chi connectivity index (χ0) is 21.4. The molecule has 1 fully saturated rings. The zero-order valence-electron chi connectivity index (χ0n) is 17.9. The van der Waals surface area contributed by atoms with Crippen molar-refractivity contribution in [2.24, 2.45) is 5.92 Å². The molecular weight excluding hydrogens is 388 g/mol. The number of carbonyl (C=O) groups is 1. The second kappa shape index (κ2) is 8.17. The average Bonchev–Trinajstić information content (AvgIpc) is 3.19. The monoisotopic (exact) mass is 416 g/mol. The van der Waals surface area contributed by atoms with E-state index in [2.05, 4.69) is 34.4 Å². The molecule has 1 aliphatic carbocycles. The summed E-state index contributed by atoms with van der Waals surface area (Å²) in [6.45, 7) is 4.04. The number of piperidine rings is 1. The smallest absolute Gasteiger partial charge is 0.275 e. The standard InChI is InChI=1S/C25H28N4O2/c1-17-12-14-28(15-13-17)24-20-8-4-5-9-21(20)25(31)29(27-24)16-23(30)26-22-11-10-18-6-2-3-7-19(18)22/h2-9,17,22H,10-16H2,1H3,(H,26,30). The van der Waals surface area contributed by atoms with Crippen LogP contribution in [0, 0.1) is 5.92 Å². The summed E-state index contributed by atoms with van der Waals surface area (Å²) >= 11 is 0. The predicted molar refractivity (Wildman–Crippen MR) is 122 cm³/mol. The minimum atomic E-state index is -0.216. The molecule has 6 heteroatoms. The summed E-state index contributed by atoms with van der Waals surface area (Å²) in [4.78, 5) is 28.2. The summed E-state index contributed by atoms with van der Waals surface area (Å²) in [5, 5.41) is 9.27. The highest BCUT2D eigenvalue weighted by Crippen LogP contribution is 2.31. The Morgan fingerprint density at radius 3 is 2.55 bits per heavy atom. The Labute approximate surface area is 181 Å². The third-order valence-electron chi connectivity index (χ3n) is 6.69. The Hall–Kier alpha value is -3.15. The van der Waals surface area contributed by atoms with E-state index < -0.39 is 0 Å². The van der Waals surface area contributed by atoms with Crippen molar-refractivity contribution in [3.8, 4) is 0 Å². The molecular formula is C25H28N4O2. The van der Waals surface area contributed by atoms with E-state index in [-0.39, 0.29) is 24.1 Å². The van der Waals surface area contributed by atoms with Gasteiger partial charge in [-0.3, -0.25) is 9.59 Å². The maximum atomic E-state index is 13.1. The number of carbonyl (C=O) groups excluding carboxylic acids is 1. The van der Waals surface area contributed by atoms with Crippen LogP contribution in [-0.4, -0.2) is 28.8 Å². The van der Waals surface area contributed by atoms with Gasteiger partial charge in [-0.05, 0) is 48.8 Å². The summed E-state index contributed by atoms with van der Waals surface area (Å²) in [6.07, 6.45) is 4.07. The Morgan fingerprint density at radius 1 is 1.03 bits per heavy atom.